The van der Waals surface area contributed by atoms with Crippen LogP contribution < -0.4 is 9.47 Å². The van der Waals surface area contributed by atoms with Gasteiger partial charge in [0.15, 0.2) is 5.78 Å². The molecule has 0 aromatic heterocycles. The molecule has 0 amide bonds. The first-order chi connectivity index (χ1) is 10.4. The van der Waals surface area contributed by atoms with Gasteiger partial charge in [-0.25, -0.2) is 0 Å². The number of ether oxygens (including phenoxy) is 2. The van der Waals surface area contributed by atoms with E-state index in [-0.39, 0.29) is 16.9 Å². The summed E-state index contributed by atoms with van der Waals surface area (Å²) in [5.41, 5.74) is -0.758. The van der Waals surface area contributed by atoms with Crippen molar-refractivity contribution in [2.24, 2.45) is 0 Å². The van der Waals surface area contributed by atoms with Crippen molar-refractivity contribution in [1.29, 1.82) is 0 Å². The Hall–Kier alpha value is -2.50. The number of benzene rings is 2. The minimum Gasteiger partial charge on any atom is -0.497 e. The third kappa shape index (κ3) is 3.21. The van der Waals surface area contributed by atoms with Gasteiger partial charge in [-0.1, -0.05) is 0 Å². The van der Waals surface area contributed by atoms with Crippen molar-refractivity contribution in [3.8, 4) is 11.5 Å². The number of carbonyl (C=O) groups is 1. The normalized spacial score (nSPS) is 11.1. The summed E-state index contributed by atoms with van der Waals surface area (Å²) in [6.07, 6.45) is -4.60. The minimum atomic E-state index is -4.60. The fourth-order valence-corrected chi connectivity index (χ4v) is 1.98. The molecular formula is C16H13F3O3. The van der Waals surface area contributed by atoms with Crippen molar-refractivity contribution in [2.45, 2.75) is 6.18 Å². The van der Waals surface area contributed by atoms with Gasteiger partial charge < -0.3 is 9.47 Å². The van der Waals surface area contributed by atoms with E-state index in [1.165, 1.54) is 25.3 Å². The quantitative estimate of drug-likeness (QED) is 0.802. The highest BCUT2D eigenvalue weighted by Crippen LogP contribution is 2.37. The first-order valence-corrected chi connectivity index (χ1v) is 6.31. The Labute approximate surface area is 125 Å². The van der Waals surface area contributed by atoms with Crippen LogP contribution >= 0.6 is 0 Å². The van der Waals surface area contributed by atoms with Crippen molar-refractivity contribution in [3.05, 3.63) is 59.2 Å². The summed E-state index contributed by atoms with van der Waals surface area (Å²) in [4.78, 5) is 12.3. The first kappa shape index (κ1) is 15.9. The molecule has 0 radical (unpaired) electrons. The number of hydrogen-bond acceptors (Lipinski definition) is 3. The van der Waals surface area contributed by atoms with Gasteiger partial charge in [0.05, 0.1) is 19.8 Å². The van der Waals surface area contributed by atoms with Crippen molar-refractivity contribution >= 4 is 5.78 Å². The monoisotopic (exact) mass is 310 g/mol. The second kappa shape index (κ2) is 6.09. The van der Waals surface area contributed by atoms with E-state index < -0.39 is 17.5 Å². The van der Waals surface area contributed by atoms with Gasteiger partial charge in [0.1, 0.15) is 11.5 Å². The number of alkyl halides is 3. The molecule has 22 heavy (non-hydrogen) atoms. The molecule has 6 heteroatoms. The Kier molecular flexibility index (Phi) is 4.40. The Balaban J connectivity index is 2.41. The van der Waals surface area contributed by atoms with Crippen LogP contribution in [0.15, 0.2) is 42.5 Å². The van der Waals surface area contributed by atoms with Crippen molar-refractivity contribution in [1.82, 2.24) is 0 Å². The van der Waals surface area contributed by atoms with Gasteiger partial charge in [0, 0.05) is 11.1 Å². The average molecular weight is 310 g/mol. The van der Waals surface area contributed by atoms with E-state index in [4.69, 9.17) is 9.47 Å². The molecule has 0 atom stereocenters. The Morgan fingerprint density at radius 3 is 2.00 bits per heavy atom. The molecule has 0 aliphatic carbocycles. The lowest BCUT2D eigenvalue weighted by Crippen LogP contribution is -2.10. The van der Waals surface area contributed by atoms with Crippen LogP contribution in [0.2, 0.25) is 0 Å². The van der Waals surface area contributed by atoms with E-state index in [0.29, 0.717) is 5.75 Å². The maximum Gasteiger partial charge on any atom is 0.419 e. The zero-order valence-corrected chi connectivity index (χ0v) is 11.9. The van der Waals surface area contributed by atoms with Crippen LogP contribution in [0, 0.1) is 0 Å². The van der Waals surface area contributed by atoms with Gasteiger partial charge in [-0.05, 0) is 42.5 Å². The highest BCUT2D eigenvalue weighted by atomic mass is 19.4. The molecule has 3 nitrogen and oxygen atoms in total. The van der Waals surface area contributed by atoms with Crippen LogP contribution in [0.4, 0.5) is 13.2 Å². The lowest BCUT2D eigenvalue weighted by atomic mass is 10.0. The average Bonchev–Trinajstić information content (AvgIpc) is 2.52. The summed E-state index contributed by atoms with van der Waals surface area (Å²) in [6.45, 7) is 0. The first-order valence-electron chi connectivity index (χ1n) is 6.31. The predicted octanol–water partition coefficient (Wildman–Crippen LogP) is 3.95. The van der Waals surface area contributed by atoms with Crippen molar-refractivity contribution in [3.63, 3.8) is 0 Å². The minimum absolute atomic E-state index is 0.0571. The molecule has 0 fully saturated rings. The molecule has 0 saturated carbocycles. The fraction of sp³-hybridized carbons (Fsp3) is 0.188. The highest BCUT2D eigenvalue weighted by Gasteiger charge is 2.35. The van der Waals surface area contributed by atoms with E-state index in [0.717, 1.165) is 19.2 Å². The summed E-state index contributed by atoms with van der Waals surface area (Å²) in [5, 5.41) is 0. The van der Waals surface area contributed by atoms with Crippen molar-refractivity contribution < 1.29 is 27.4 Å². The Bertz CT molecular complexity index is 676. The molecule has 0 aliphatic rings. The molecule has 0 bridgehead atoms. The van der Waals surface area contributed by atoms with Crippen molar-refractivity contribution in [2.75, 3.05) is 14.2 Å². The summed E-state index contributed by atoms with van der Waals surface area (Å²) < 4.78 is 48.6. The van der Waals surface area contributed by atoms with Crippen LogP contribution in [0.5, 0.6) is 11.5 Å². The molecule has 2 aromatic carbocycles. The Morgan fingerprint density at radius 1 is 0.909 bits per heavy atom. The van der Waals surface area contributed by atoms with Gasteiger partial charge >= 0.3 is 6.18 Å². The number of rotatable bonds is 4. The topological polar surface area (TPSA) is 35.5 Å². The SMILES string of the molecule is COc1ccc(C(=O)c2ccc(OC)c(C(F)(F)F)c2)cc1. The molecular weight excluding hydrogens is 297 g/mol. The van der Waals surface area contributed by atoms with Gasteiger partial charge in [-0.2, -0.15) is 13.2 Å². The smallest absolute Gasteiger partial charge is 0.419 e. The summed E-state index contributed by atoms with van der Waals surface area (Å²) in [5.74, 6) is -0.267. The molecule has 0 spiro atoms. The number of ketones is 1. The predicted molar refractivity (Wildman–Crippen MR) is 74.4 cm³/mol. The zero-order chi connectivity index (χ0) is 16.3. The maximum absolute atomic E-state index is 13.0. The molecule has 0 heterocycles. The maximum atomic E-state index is 13.0. The van der Waals surface area contributed by atoms with E-state index in [1.807, 2.05) is 0 Å². The molecule has 0 saturated heterocycles. The largest absolute Gasteiger partial charge is 0.497 e. The van der Waals surface area contributed by atoms with E-state index in [2.05, 4.69) is 0 Å². The Morgan fingerprint density at radius 2 is 1.50 bits per heavy atom. The highest BCUT2D eigenvalue weighted by molar-refractivity contribution is 6.09. The molecule has 0 N–H and O–H groups in total. The number of methoxy groups -OCH3 is 2. The lowest BCUT2D eigenvalue weighted by molar-refractivity contribution is -0.138. The van der Waals surface area contributed by atoms with Crippen LogP contribution in [-0.2, 0) is 6.18 Å². The number of halogens is 3. The van der Waals surface area contributed by atoms with Gasteiger partial charge in [0.2, 0.25) is 0 Å². The summed E-state index contributed by atoms with van der Waals surface area (Å²) in [6, 6.07) is 9.38. The second-order valence-electron chi connectivity index (χ2n) is 4.47. The molecule has 116 valence electrons. The van der Waals surface area contributed by atoms with E-state index in [9.17, 15) is 18.0 Å². The molecule has 0 aliphatic heterocycles. The third-order valence-corrected chi connectivity index (χ3v) is 3.12. The van der Waals surface area contributed by atoms with Gasteiger partial charge in [-0.15, -0.1) is 0 Å². The standard InChI is InChI=1S/C16H13F3O3/c1-21-12-6-3-10(4-7-12)15(20)11-5-8-14(22-2)13(9-11)16(17,18)19/h3-9H,1-2H3. The van der Waals surface area contributed by atoms with Crippen LogP contribution in [0.1, 0.15) is 21.5 Å². The summed E-state index contributed by atoms with van der Waals surface area (Å²) in [7, 11) is 2.63. The zero-order valence-electron chi connectivity index (χ0n) is 11.9. The number of hydrogen-bond donors (Lipinski definition) is 0. The lowest BCUT2D eigenvalue weighted by Gasteiger charge is -2.13. The van der Waals surface area contributed by atoms with Crippen LogP contribution in [0.25, 0.3) is 0 Å². The molecule has 2 rings (SSSR count). The van der Waals surface area contributed by atoms with E-state index in [1.54, 1.807) is 12.1 Å². The van der Waals surface area contributed by atoms with Crippen LogP contribution in [-0.4, -0.2) is 20.0 Å². The van der Waals surface area contributed by atoms with Gasteiger partial charge in [-0.3, -0.25) is 4.79 Å². The fourth-order valence-electron chi connectivity index (χ4n) is 1.98. The molecule has 2 aromatic rings. The molecule has 0 unspecified atom stereocenters. The summed E-state index contributed by atoms with van der Waals surface area (Å²) >= 11 is 0. The van der Waals surface area contributed by atoms with Crippen LogP contribution in [0.3, 0.4) is 0 Å². The van der Waals surface area contributed by atoms with Gasteiger partial charge in [0.25, 0.3) is 0 Å². The van der Waals surface area contributed by atoms with E-state index >= 15 is 0 Å². The second-order valence-corrected chi connectivity index (χ2v) is 4.47. The number of carbonyl (C=O) groups excluding carboxylic acids is 1. The third-order valence-electron chi connectivity index (χ3n) is 3.12.